The first kappa shape index (κ1) is 14.5. The van der Waals surface area contributed by atoms with E-state index in [0.29, 0.717) is 0 Å². The van der Waals surface area contributed by atoms with E-state index >= 15 is 0 Å². The predicted molar refractivity (Wildman–Crippen MR) is 84.1 cm³/mol. The summed E-state index contributed by atoms with van der Waals surface area (Å²) >= 11 is 0. The Morgan fingerprint density at radius 2 is 2.14 bits per heavy atom. The molecule has 1 fully saturated rings. The van der Waals surface area contributed by atoms with Gasteiger partial charge in [-0.1, -0.05) is 30.7 Å². The molecule has 114 valence electrons. The highest BCUT2D eigenvalue weighted by Crippen LogP contribution is 2.17. The molecule has 0 bridgehead atoms. The Morgan fingerprint density at radius 1 is 1.29 bits per heavy atom. The molecule has 4 heteroatoms. The topological polar surface area (TPSA) is 44.4 Å². The number of nitrogens with zero attached hydrogens (tertiary/aromatic N) is 1. The van der Waals surface area contributed by atoms with E-state index in [9.17, 15) is 4.79 Å². The van der Waals surface area contributed by atoms with Gasteiger partial charge in [-0.25, -0.2) is 0 Å². The van der Waals surface area contributed by atoms with Gasteiger partial charge in [0.1, 0.15) is 0 Å². The van der Waals surface area contributed by atoms with Gasteiger partial charge in [0.2, 0.25) is 5.91 Å². The molecule has 1 unspecified atom stereocenters. The number of amides is 1. The molecule has 2 N–H and O–H groups in total. The van der Waals surface area contributed by atoms with Crippen molar-refractivity contribution in [2.45, 2.75) is 38.3 Å². The van der Waals surface area contributed by atoms with Crippen LogP contribution in [-0.4, -0.2) is 43.0 Å². The van der Waals surface area contributed by atoms with Gasteiger partial charge in [-0.2, -0.15) is 0 Å². The van der Waals surface area contributed by atoms with Gasteiger partial charge in [0.15, 0.2) is 0 Å². The number of carbonyl (C=O) groups excluding carboxylic acids is 1. The molecule has 0 aromatic heterocycles. The quantitative estimate of drug-likeness (QED) is 0.877. The van der Waals surface area contributed by atoms with Gasteiger partial charge in [0.25, 0.3) is 0 Å². The predicted octanol–water partition coefficient (Wildman–Crippen LogP) is 1.30. The average molecular weight is 287 g/mol. The zero-order valence-electron chi connectivity index (χ0n) is 12.6. The Morgan fingerprint density at radius 3 is 2.95 bits per heavy atom. The number of carbonyl (C=O) groups is 1. The van der Waals surface area contributed by atoms with E-state index in [1.807, 2.05) is 0 Å². The molecule has 4 nitrogen and oxygen atoms in total. The average Bonchev–Trinajstić information content (AvgIpc) is 2.55. The van der Waals surface area contributed by atoms with Crippen molar-refractivity contribution in [1.29, 1.82) is 0 Å². The first-order valence-corrected chi connectivity index (χ1v) is 8.13. The zero-order chi connectivity index (χ0) is 14.5. The molecule has 2 aliphatic rings. The van der Waals surface area contributed by atoms with Crippen LogP contribution < -0.4 is 10.6 Å². The molecule has 1 atom stereocenters. The van der Waals surface area contributed by atoms with Gasteiger partial charge >= 0.3 is 0 Å². The van der Waals surface area contributed by atoms with Gasteiger partial charge in [-0.3, -0.25) is 9.69 Å². The first-order valence-electron chi connectivity index (χ1n) is 8.13. The second-order valence-corrected chi connectivity index (χ2v) is 6.09. The Bertz CT molecular complexity index is 483. The highest BCUT2D eigenvalue weighted by Gasteiger charge is 2.20. The fourth-order valence-electron chi connectivity index (χ4n) is 3.28. The van der Waals surface area contributed by atoms with E-state index in [1.165, 1.54) is 17.5 Å². The molecule has 0 saturated carbocycles. The van der Waals surface area contributed by atoms with Crippen LogP contribution in [0.15, 0.2) is 24.3 Å². The fourth-order valence-corrected chi connectivity index (χ4v) is 3.28. The molecular weight excluding hydrogens is 262 g/mol. The summed E-state index contributed by atoms with van der Waals surface area (Å²) < 4.78 is 0. The molecule has 1 amide bonds. The van der Waals surface area contributed by atoms with E-state index < -0.39 is 0 Å². The number of nitrogens with one attached hydrogen (secondary N) is 2. The van der Waals surface area contributed by atoms with Crippen molar-refractivity contribution in [3.8, 4) is 0 Å². The number of hydrogen-bond acceptors (Lipinski definition) is 3. The van der Waals surface area contributed by atoms with E-state index in [2.05, 4.69) is 39.8 Å². The van der Waals surface area contributed by atoms with Crippen molar-refractivity contribution >= 4 is 5.91 Å². The Hall–Kier alpha value is -1.39. The van der Waals surface area contributed by atoms with Crippen molar-refractivity contribution in [2.75, 3.05) is 26.2 Å². The minimum atomic E-state index is 0.0285. The number of fused-ring (bicyclic) bond motifs is 1. The smallest absolute Gasteiger partial charge is 0.237 e. The maximum Gasteiger partial charge on any atom is 0.237 e. The molecule has 1 aromatic rings. The van der Waals surface area contributed by atoms with Crippen molar-refractivity contribution in [3.63, 3.8) is 0 Å². The van der Waals surface area contributed by atoms with Crippen molar-refractivity contribution in [3.05, 3.63) is 35.4 Å². The standard InChI is InChI=1S/C17H25N3O/c21-17(16-7-3-4-9-18-16)19-10-12-20-11-8-14-5-1-2-6-15(14)13-20/h1-2,5-6,16,18H,3-4,7-13H2,(H,19,21). The van der Waals surface area contributed by atoms with Crippen LogP contribution in [0.3, 0.4) is 0 Å². The second kappa shape index (κ2) is 7.05. The Labute approximate surface area is 126 Å². The molecule has 2 aliphatic heterocycles. The fraction of sp³-hybridized carbons (Fsp3) is 0.588. The summed E-state index contributed by atoms with van der Waals surface area (Å²) in [4.78, 5) is 14.5. The highest BCUT2D eigenvalue weighted by molar-refractivity contribution is 5.81. The summed E-state index contributed by atoms with van der Waals surface area (Å²) in [5, 5.41) is 6.38. The lowest BCUT2D eigenvalue weighted by Gasteiger charge is -2.29. The lowest BCUT2D eigenvalue weighted by atomic mass is 10.00. The Balaban J connectivity index is 1.41. The van der Waals surface area contributed by atoms with Crippen LogP contribution in [0, 0.1) is 0 Å². The number of rotatable bonds is 4. The van der Waals surface area contributed by atoms with Crippen LogP contribution in [0.2, 0.25) is 0 Å². The zero-order valence-corrected chi connectivity index (χ0v) is 12.6. The van der Waals surface area contributed by atoms with Crippen LogP contribution in [0.1, 0.15) is 30.4 Å². The summed E-state index contributed by atoms with van der Waals surface area (Å²) in [5.41, 5.74) is 2.91. The molecule has 0 radical (unpaired) electrons. The number of piperidine rings is 1. The third-order valence-corrected chi connectivity index (χ3v) is 4.56. The van der Waals surface area contributed by atoms with Gasteiger partial charge in [0.05, 0.1) is 6.04 Å². The third-order valence-electron chi connectivity index (χ3n) is 4.56. The van der Waals surface area contributed by atoms with E-state index in [1.54, 1.807) is 0 Å². The first-order chi connectivity index (χ1) is 10.3. The normalized spacial score (nSPS) is 22.6. The van der Waals surface area contributed by atoms with Crippen LogP contribution >= 0.6 is 0 Å². The summed E-state index contributed by atoms with van der Waals surface area (Å²) in [5.74, 6) is 0.173. The van der Waals surface area contributed by atoms with Gasteiger partial charge in [0, 0.05) is 26.2 Å². The van der Waals surface area contributed by atoms with Crippen LogP contribution in [-0.2, 0) is 17.8 Å². The van der Waals surface area contributed by atoms with Crippen molar-refractivity contribution < 1.29 is 4.79 Å². The maximum atomic E-state index is 12.0. The lowest BCUT2D eigenvalue weighted by molar-refractivity contribution is -0.123. The van der Waals surface area contributed by atoms with E-state index in [0.717, 1.165) is 52.0 Å². The molecular formula is C17H25N3O. The number of benzene rings is 1. The van der Waals surface area contributed by atoms with Crippen LogP contribution in [0.25, 0.3) is 0 Å². The Kier molecular flexibility index (Phi) is 4.88. The molecule has 0 aliphatic carbocycles. The van der Waals surface area contributed by atoms with Crippen molar-refractivity contribution in [1.82, 2.24) is 15.5 Å². The van der Waals surface area contributed by atoms with E-state index in [-0.39, 0.29) is 11.9 Å². The van der Waals surface area contributed by atoms with Crippen LogP contribution in [0.5, 0.6) is 0 Å². The minimum Gasteiger partial charge on any atom is -0.353 e. The monoisotopic (exact) mass is 287 g/mol. The summed E-state index contributed by atoms with van der Waals surface area (Å²) in [6.45, 7) is 4.76. The molecule has 1 saturated heterocycles. The van der Waals surface area contributed by atoms with Gasteiger partial charge in [-0.05, 0) is 36.9 Å². The highest BCUT2D eigenvalue weighted by atomic mass is 16.2. The SMILES string of the molecule is O=C(NCCN1CCc2ccccc2C1)C1CCCCN1. The molecule has 0 spiro atoms. The lowest BCUT2D eigenvalue weighted by Crippen LogP contribution is -2.48. The van der Waals surface area contributed by atoms with Crippen LogP contribution in [0.4, 0.5) is 0 Å². The molecule has 2 heterocycles. The van der Waals surface area contributed by atoms with Gasteiger partial charge in [-0.15, -0.1) is 0 Å². The van der Waals surface area contributed by atoms with E-state index in [4.69, 9.17) is 0 Å². The minimum absolute atomic E-state index is 0.0285. The maximum absolute atomic E-state index is 12.0. The second-order valence-electron chi connectivity index (χ2n) is 6.09. The summed E-state index contributed by atoms with van der Waals surface area (Å²) in [6, 6.07) is 8.70. The molecule has 1 aromatic carbocycles. The third kappa shape index (κ3) is 3.83. The van der Waals surface area contributed by atoms with Crippen molar-refractivity contribution in [2.24, 2.45) is 0 Å². The largest absolute Gasteiger partial charge is 0.353 e. The number of hydrogen-bond donors (Lipinski definition) is 2. The molecule has 21 heavy (non-hydrogen) atoms. The summed E-state index contributed by atoms with van der Waals surface area (Å²) in [7, 11) is 0. The molecule has 3 rings (SSSR count). The summed E-state index contributed by atoms with van der Waals surface area (Å²) in [6.07, 6.45) is 4.45. The van der Waals surface area contributed by atoms with Gasteiger partial charge < -0.3 is 10.6 Å².